The molecule has 0 bridgehead atoms. The molecular formula is C21H16O5. The van der Waals surface area contributed by atoms with E-state index >= 15 is 0 Å². The fraction of sp³-hybridized carbons (Fsp3) is 0.286. The summed E-state index contributed by atoms with van der Waals surface area (Å²) >= 11 is 0. The van der Waals surface area contributed by atoms with Crippen molar-refractivity contribution in [3.63, 3.8) is 0 Å². The van der Waals surface area contributed by atoms with E-state index in [0.717, 1.165) is 36.0 Å². The van der Waals surface area contributed by atoms with Crippen molar-refractivity contribution in [2.45, 2.75) is 31.6 Å². The first-order valence-corrected chi connectivity index (χ1v) is 8.64. The highest BCUT2D eigenvalue weighted by molar-refractivity contribution is 6.25. The predicted molar refractivity (Wildman–Crippen MR) is 91.7 cm³/mol. The monoisotopic (exact) mass is 348 g/mol. The van der Waals surface area contributed by atoms with Crippen LogP contribution in [0.1, 0.15) is 73.3 Å². The smallest absolute Gasteiger partial charge is 0.228 e. The molecule has 0 fully saturated rings. The second-order valence-corrected chi connectivity index (χ2v) is 7.33. The molecule has 0 saturated heterocycles. The molecule has 130 valence electrons. The molecule has 0 aliphatic heterocycles. The van der Waals surface area contributed by atoms with Gasteiger partial charge in [-0.3, -0.25) is 14.4 Å². The lowest BCUT2D eigenvalue weighted by atomic mass is 9.62. The second-order valence-electron chi connectivity index (χ2n) is 7.33. The average Bonchev–Trinajstić information content (AvgIpc) is 3.08. The number of allylic oxidation sites excluding steroid dienone is 2. The van der Waals surface area contributed by atoms with E-state index < -0.39 is 0 Å². The number of hydrogen-bond donors (Lipinski definition) is 0. The van der Waals surface area contributed by atoms with Crippen molar-refractivity contribution < 1.29 is 23.5 Å². The maximum Gasteiger partial charge on any atom is 0.228 e. The lowest BCUT2D eigenvalue weighted by Crippen LogP contribution is -2.36. The summed E-state index contributed by atoms with van der Waals surface area (Å²) in [7, 11) is 1.35. The Kier molecular flexibility index (Phi) is 2.84. The van der Waals surface area contributed by atoms with E-state index in [9.17, 15) is 14.4 Å². The Hall–Kier alpha value is -2.95. The summed E-state index contributed by atoms with van der Waals surface area (Å²) in [6.07, 6.45) is 5.63. The number of methoxy groups -OCH3 is 1. The normalized spacial score (nSPS) is 23.2. The zero-order valence-electron chi connectivity index (χ0n) is 14.5. The number of ketones is 3. The number of ether oxygens (including phenoxy) is 1. The number of aryl methyl sites for hydroxylation is 1. The fourth-order valence-electron chi connectivity index (χ4n) is 4.68. The molecule has 3 aliphatic carbocycles. The third-order valence-corrected chi connectivity index (χ3v) is 5.96. The van der Waals surface area contributed by atoms with E-state index in [-0.39, 0.29) is 34.1 Å². The zero-order valence-corrected chi connectivity index (χ0v) is 14.5. The van der Waals surface area contributed by atoms with Crippen molar-refractivity contribution in [2.75, 3.05) is 7.11 Å². The van der Waals surface area contributed by atoms with Crippen LogP contribution in [0.4, 0.5) is 0 Å². The van der Waals surface area contributed by atoms with Gasteiger partial charge >= 0.3 is 0 Å². The molecule has 0 unspecified atom stereocenters. The summed E-state index contributed by atoms with van der Waals surface area (Å²) in [5.41, 5.74) is 3.44. The van der Waals surface area contributed by atoms with Gasteiger partial charge in [0.1, 0.15) is 0 Å². The van der Waals surface area contributed by atoms with Crippen LogP contribution in [0.15, 0.2) is 34.6 Å². The third kappa shape index (κ3) is 1.68. The molecule has 26 heavy (non-hydrogen) atoms. The number of hydrogen-bond acceptors (Lipinski definition) is 5. The van der Waals surface area contributed by atoms with Crippen LogP contribution in [-0.2, 0) is 16.6 Å². The number of rotatable bonds is 1. The van der Waals surface area contributed by atoms with Crippen molar-refractivity contribution in [3.05, 3.63) is 69.4 Å². The Morgan fingerprint density at radius 3 is 2.65 bits per heavy atom. The van der Waals surface area contributed by atoms with Crippen molar-refractivity contribution in [3.8, 4) is 0 Å². The van der Waals surface area contributed by atoms with E-state index in [1.54, 1.807) is 18.4 Å². The first-order valence-electron chi connectivity index (χ1n) is 8.64. The van der Waals surface area contributed by atoms with Gasteiger partial charge in [0, 0.05) is 33.7 Å². The first kappa shape index (κ1) is 15.3. The number of carbonyl (C=O) groups excluding carboxylic acids is 3. The van der Waals surface area contributed by atoms with Gasteiger partial charge in [0.25, 0.3) is 0 Å². The Morgan fingerprint density at radius 1 is 1.08 bits per heavy atom. The van der Waals surface area contributed by atoms with E-state index in [1.807, 2.05) is 0 Å². The molecule has 0 spiro atoms. The number of benzene rings is 1. The van der Waals surface area contributed by atoms with Gasteiger partial charge in [-0.25, -0.2) is 0 Å². The predicted octanol–water partition coefficient (Wildman–Crippen LogP) is 3.38. The van der Waals surface area contributed by atoms with Crippen LogP contribution in [0, 0.1) is 0 Å². The Bertz CT molecular complexity index is 1070. The summed E-state index contributed by atoms with van der Waals surface area (Å²) < 4.78 is 10.6. The highest BCUT2D eigenvalue weighted by Crippen LogP contribution is 2.50. The minimum Gasteiger partial charge on any atom is -0.492 e. The number of fused-ring (bicyclic) bond motifs is 3. The van der Waals surface area contributed by atoms with E-state index in [4.69, 9.17) is 9.15 Å². The van der Waals surface area contributed by atoms with Crippen LogP contribution in [0.5, 0.6) is 0 Å². The fourth-order valence-corrected chi connectivity index (χ4v) is 4.68. The summed E-state index contributed by atoms with van der Waals surface area (Å²) in [5.74, 6) is -0.513. The Labute approximate surface area is 149 Å². The molecule has 5 rings (SSSR count). The van der Waals surface area contributed by atoms with Gasteiger partial charge in [0.2, 0.25) is 11.6 Å². The molecule has 1 aromatic carbocycles. The van der Waals surface area contributed by atoms with Gasteiger partial charge in [-0.1, -0.05) is 6.92 Å². The van der Waals surface area contributed by atoms with E-state index in [0.29, 0.717) is 16.9 Å². The van der Waals surface area contributed by atoms with Crippen LogP contribution in [0.3, 0.4) is 0 Å². The molecule has 0 radical (unpaired) electrons. The standard InChI is InChI=1S/C21H16O5/c1-21-5-3-4-10-9-26-20(17(10)21)19(24)13-6-12-11(7-14(13)21)15(22)8-16(25-2)18(12)23/h6-9H,3-5H2,1-2H3/t21-/m0/s1. The van der Waals surface area contributed by atoms with Gasteiger partial charge < -0.3 is 9.15 Å². The van der Waals surface area contributed by atoms with Crippen LogP contribution in [-0.4, -0.2) is 24.5 Å². The average molecular weight is 348 g/mol. The molecule has 0 amide bonds. The summed E-state index contributed by atoms with van der Waals surface area (Å²) in [6, 6.07) is 3.28. The van der Waals surface area contributed by atoms with Crippen LogP contribution < -0.4 is 0 Å². The first-order chi connectivity index (χ1) is 12.5. The highest BCUT2D eigenvalue weighted by atomic mass is 16.5. The molecule has 5 heteroatoms. The molecule has 2 aromatic rings. The highest BCUT2D eigenvalue weighted by Gasteiger charge is 2.47. The van der Waals surface area contributed by atoms with E-state index in [2.05, 4.69) is 6.92 Å². The molecular weight excluding hydrogens is 332 g/mol. The minimum absolute atomic E-state index is 0.00411. The van der Waals surface area contributed by atoms with Crippen molar-refractivity contribution in [1.82, 2.24) is 0 Å². The summed E-state index contributed by atoms with van der Waals surface area (Å²) in [4.78, 5) is 38.2. The maximum absolute atomic E-state index is 13.0. The maximum atomic E-state index is 13.0. The molecule has 5 nitrogen and oxygen atoms in total. The van der Waals surface area contributed by atoms with Crippen molar-refractivity contribution in [1.29, 1.82) is 0 Å². The second kappa shape index (κ2) is 4.81. The molecule has 1 heterocycles. The van der Waals surface area contributed by atoms with Crippen molar-refractivity contribution in [2.24, 2.45) is 0 Å². The topological polar surface area (TPSA) is 73.6 Å². The third-order valence-electron chi connectivity index (χ3n) is 5.96. The Balaban J connectivity index is 1.81. The molecule has 0 saturated carbocycles. The molecule has 3 aliphatic rings. The number of carbonyl (C=O) groups is 3. The van der Waals surface area contributed by atoms with Gasteiger partial charge in [-0.05, 0) is 42.5 Å². The largest absolute Gasteiger partial charge is 0.492 e. The van der Waals surface area contributed by atoms with Crippen molar-refractivity contribution >= 4 is 17.3 Å². The van der Waals surface area contributed by atoms with Gasteiger partial charge in [-0.2, -0.15) is 0 Å². The quantitative estimate of drug-likeness (QED) is 0.790. The minimum atomic E-state index is -0.386. The van der Waals surface area contributed by atoms with Gasteiger partial charge in [0.05, 0.1) is 13.4 Å². The summed E-state index contributed by atoms with van der Waals surface area (Å²) in [6.45, 7) is 2.09. The van der Waals surface area contributed by atoms with Gasteiger partial charge in [0.15, 0.2) is 17.3 Å². The van der Waals surface area contributed by atoms with Gasteiger partial charge in [-0.15, -0.1) is 0 Å². The van der Waals surface area contributed by atoms with Crippen LogP contribution >= 0.6 is 0 Å². The Morgan fingerprint density at radius 2 is 1.88 bits per heavy atom. The lowest BCUT2D eigenvalue weighted by Gasteiger charge is -2.39. The molecule has 0 N–H and O–H groups in total. The lowest BCUT2D eigenvalue weighted by molar-refractivity contribution is 0.0916. The molecule has 1 aromatic heterocycles. The van der Waals surface area contributed by atoms with E-state index in [1.165, 1.54) is 13.2 Å². The molecule has 1 atom stereocenters. The van der Waals surface area contributed by atoms with Crippen LogP contribution in [0.25, 0.3) is 0 Å². The number of Topliss-reactive ketones (excluding diaryl/α,β-unsaturated/α-hetero) is 1. The van der Waals surface area contributed by atoms with Crippen LogP contribution in [0.2, 0.25) is 0 Å². The zero-order chi connectivity index (χ0) is 18.2. The SMILES string of the molecule is COC1=CC(=O)c2cc3c(cc2C1=O)C(=O)c1occ2c1[C@@]3(C)CCC2. The summed E-state index contributed by atoms with van der Waals surface area (Å²) in [5, 5.41) is 0. The number of furan rings is 1.